The summed E-state index contributed by atoms with van der Waals surface area (Å²) in [7, 11) is 0. The zero-order chi connectivity index (χ0) is 15.0. The molecular formula is C21H24. The number of rotatable bonds is 3. The molecule has 1 aliphatic carbocycles. The van der Waals surface area contributed by atoms with E-state index in [0.717, 1.165) is 6.42 Å². The van der Waals surface area contributed by atoms with Crippen LogP contribution in [0.25, 0.3) is 17.2 Å². The molecule has 0 amide bonds. The van der Waals surface area contributed by atoms with E-state index in [0.29, 0.717) is 11.8 Å². The molecule has 0 radical (unpaired) electrons. The van der Waals surface area contributed by atoms with Gasteiger partial charge in [0.1, 0.15) is 0 Å². The van der Waals surface area contributed by atoms with Crippen LogP contribution in [0.2, 0.25) is 0 Å². The maximum atomic E-state index is 2.44. The lowest BCUT2D eigenvalue weighted by atomic mass is 9.87. The Morgan fingerprint density at radius 3 is 2.14 bits per heavy atom. The third-order valence-electron chi connectivity index (χ3n) is 4.52. The Bertz CT molecular complexity index is 673. The van der Waals surface area contributed by atoms with Crippen LogP contribution in [0.15, 0.2) is 48.0 Å². The summed E-state index contributed by atoms with van der Waals surface area (Å²) in [6, 6.07) is 15.5. The minimum atomic E-state index is 0.544. The zero-order valence-electron chi connectivity index (χ0n) is 13.5. The average molecular weight is 276 g/mol. The summed E-state index contributed by atoms with van der Waals surface area (Å²) in [5, 5.41) is 0. The van der Waals surface area contributed by atoms with Crippen LogP contribution in [0, 0.1) is 5.92 Å². The molecule has 0 saturated heterocycles. The lowest BCUT2D eigenvalue weighted by Gasteiger charge is -2.17. The Hall–Kier alpha value is -1.82. The summed E-state index contributed by atoms with van der Waals surface area (Å²) in [6.07, 6.45) is 3.55. The summed E-state index contributed by atoms with van der Waals surface area (Å²) >= 11 is 0. The number of benzene rings is 2. The number of hydrogen-bond acceptors (Lipinski definition) is 0. The maximum absolute atomic E-state index is 2.44. The smallest absolute Gasteiger partial charge is 0.00550 e. The lowest BCUT2D eigenvalue weighted by Crippen LogP contribution is -1.97. The van der Waals surface area contributed by atoms with Crippen molar-refractivity contribution in [3.8, 4) is 11.1 Å². The highest BCUT2D eigenvalue weighted by atomic mass is 14.3. The van der Waals surface area contributed by atoms with Crippen molar-refractivity contribution in [3.63, 3.8) is 0 Å². The van der Waals surface area contributed by atoms with Gasteiger partial charge in [-0.05, 0) is 46.1 Å². The first-order valence-electron chi connectivity index (χ1n) is 7.99. The predicted octanol–water partition coefficient (Wildman–Crippen LogP) is 6.07. The fourth-order valence-electron chi connectivity index (χ4n) is 3.23. The van der Waals surface area contributed by atoms with Gasteiger partial charge in [0.05, 0.1) is 0 Å². The fourth-order valence-corrected chi connectivity index (χ4v) is 3.23. The summed E-state index contributed by atoms with van der Waals surface area (Å²) in [5.74, 6) is 1.17. The van der Waals surface area contributed by atoms with E-state index in [2.05, 4.69) is 76.2 Å². The van der Waals surface area contributed by atoms with Gasteiger partial charge in [0.2, 0.25) is 0 Å². The van der Waals surface area contributed by atoms with Gasteiger partial charge in [0.15, 0.2) is 0 Å². The molecule has 3 rings (SSSR count). The predicted molar refractivity (Wildman–Crippen MR) is 92.5 cm³/mol. The molecule has 0 aromatic heterocycles. The van der Waals surface area contributed by atoms with E-state index in [1.807, 2.05) is 0 Å². The molecule has 0 fully saturated rings. The van der Waals surface area contributed by atoms with E-state index in [-0.39, 0.29) is 0 Å². The summed E-state index contributed by atoms with van der Waals surface area (Å²) in [6.45, 7) is 9.17. The second-order valence-corrected chi connectivity index (χ2v) is 6.67. The molecule has 0 heteroatoms. The molecule has 1 aliphatic rings. The average Bonchev–Trinajstić information content (AvgIpc) is 2.91. The molecule has 0 saturated carbocycles. The topological polar surface area (TPSA) is 0 Å². The summed E-state index contributed by atoms with van der Waals surface area (Å²) < 4.78 is 0. The van der Waals surface area contributed by atoms with Crippen molar-refractivity contribution < 1.29 is 0 Å². The molecule has 0 bridgehead atoms. The number of allylic oxidation sites excluding steroid dienone is 1. The minimum absolute atomic E-state index is 0.544. The highest BCUT2D eigenvalue weighted by Gasteiger charge is 2.21. The van der Waals surface area contributed by atoms with Crippen molar-refractivity contribution in [1.29, 1.82) is 0 Å². The van der Waals surface area contributed by atoms with Gasteiger partial charge in [-0.15, -0.1) is 0 Å². The van der Waals surface area contributed by atoms with Gasteiger partial charge in [-0.3, -0.25) is 0 Å². The summed E-state index contributed by atoms with van der Waals surface area (Å²) in [4.78, 5) is 0. The van der Waals surface area contributed by atoms with Crippen molar-refractivity contribution in [2.75, 3.05) is 0 Å². The quantitative estimate of drug-likeness (QED) is 0.638. The number of fused-ring (bicyclic) bond motifs is 1. The Labute approximate surface area is 128 Å². The van der Waals surface area contributed by atoms with Gasteiger partial charge >= 0.3 is 0 Å². The third kappa shape index (κ3) is 2.55. The molecule has 2 aromatic carbocycles. The highest BCUT2D eigenvalue weighted by molar-refractivity contribution is 5.83. The molecule has 0 unspecified atom stereocenters. The standard InChI is InChI=1S/C21H24/c1-14(2)18-12-17-10-11-19(15(3)4)21(20(17)13-18)16-8-6-5-7-9-16/h5-11,13-15H,12H2,1-4H3. The van der Waals surface area contributed by atoms with Gasteiger partial charge in [0, 0.05) is 0 Å². The lowest BCUT2D eigenvalue weighted by molar-refractivity contribution is 0.754. The van der Waals surface area contributed by atoms with Crippen LogP contribution >= 0.6 is 0 Å². The van der Waals surface area contributed by atoms with E-state index in [4.69, 9.17) is 0 Å². The maximum Gasteiger partial charge on any atom is -0.00550 e. The van der Waals surface area contributed by atoms with Crippen molar-refractivity contribution in [1.82, 2.24) is 0 Å². The van der Waals surface area contributed by atoms with Gasteiger partial charge in [-0.2, -0.15) is 0 Å². The van der Waals surface area contributed by atoms with Crippen LogP contribution in [0.3, 0.4) is 0 Å². The van der Waals surface area contributed by atoms with Gasteiger partial charge in [-0.25, -0.2) is 0 Å². The Morgan fingerprint density at radius 1 is 0.810 bits per heavy atom. The molecule has 0 spiro atoms. The SMILES string of the molecule is CC(C)C1=Cc2c(ccc(C(C)C)c2-c2ccccc2)C1. The van der Waals surface area contributed by atoms with E-state index < -0.39 is 0 Å². The van der Waals surface area contributed by atoms with E-state index in [1.54, 1.807) is 5.57 Å². The van der Waals surface area contributed by atoms with E-state index in [1.165, 1.54) is 27.8 Å². The Balaban J connectivity index is 2.24. The van der Waals surface area contributed by atoms with E-state index in [9.17, 15) is 0 Å². The van der Waals surface area contributed by atoms with Gasteiger partial charge in [-0.1, -0.05) is 81.8 Å². The van der Waals surface area contributed by atoms with Crippen LogP contribution in [-0.4, -0.2) is 0 Å². The molecular weight excluding hydrogens is 252 g/mol. The molecule has 21 heavy (non-hydrogen) atoms. The molecule has 2 aromatic rings. The number of hydrogen-bond donors (Lipinski definition) is 0. The molecule has 0 N–H and O–H groups in total. The second kappa shape index (κ2) is 5.52. The normalized spacial score (nSPS) is 13.7. The molecule has 0 heterocycles. The minimum Gasteiger partial charge on any atom is -0.0626 e. The van der Waals surface area contributed by atoms with Gasteiger partial charge < -0.3 is 0 Å². The Kier molecular flexibility index (Phi) is 3.71. The van der Waals surface area contributed by atoms with Crippen molar-refractivity contribution >= 4 is 6.08 Å². The van der Waals surface area contributed by atoms with Crippen LogP contribution in [0.4, 0.5) is 0 Å². The third-order valence-corrected chi connectivity index (χ3v) is 4.52. The molecule has 0 aliphatic heterocycles. The first kappa shape index (κ1) is 14.1. The monoisotopic (exact) mass is 276 g/mol. The van der Waals surface area contributed by atoms with Crippen LogP contribution < -0.4 is 0 Å². The molecule has 108 valence electrons. The highest BCUT2D eigenvalue weighted by Crippen LogP contribution is 2.40. The van der Waals surface area contributed by atoms with Crippen molar-refractivity contribution in [3.05, 3.63) is 64.7 Å². The van der Waals surface area contributed by atoms with Crippen LogP contribution in [-0.2, 0) is 6.42 Å². The summed E-state index contributed by atoms with van der Waals surface area (Å²) in [5.41, 5.74) is 8.75. The largest absolute Gasteiger partial charge is 0.0626 e. The van der Waals surface area contributed by atoms with Crippen LogP contribution in [0.1, 0.15) is 50.3 Å². The molecule has 0 atom stereocenters. The zero-order valence-corrected chi connectivity index (χ0v) is 13.5. The first-order chi connectivity index (χ1) is 10.1. The van der Waals surface area contributed by atoms with Crippen molar-refractivity contribution in [2.24, 2.45) is 5.92 Å². The van der Waals surface area contributed by atoms with Gasteiger partial charge in [0.25, 0.3) is 0 Å². The first-order valence-corrected chi connectivity index (χ1v) is 7.99. The van der Waals surface area contributed by atoms with E-state index >= 15 is 0 Å². The fraction of sp³-hybridized carbons (Fsp3) is 0.333. The Morgan fingerprint density at radius 2 is 1.52 bits per heavy atom. The second-order valence-electron chi connectivity index (χ2n) is 6.67. The van der Waals surface area contributed by atoms with Crippen LogP contribution in [0.5, 0.6) is 0 Å². The molecule has 0 nitrogen and oxygen atoms in total. The van der Waals surface area contributed by atoms with Crippen molar-refractivity contribution in [2.45, 2.75) is 40.0 Å².